The average molecular weight is 326 g/mol. The summed E-state index contributed by atoms with van der Waals surface area (Å²) in [5, 5.41) is 5.63. The molecule has 23 heavy (non-hydrogen) atoms. The number of rotatable bonds is 2. The van der Waals surface area contributed by atoms with Crippen molar-refractivity contribution in [2.45, 2.75) is 25.1 Å². The summed E-state index contributed by atoms with van der Waals surface area (Å²) in [7, 11) is 0. The van der Waals surface area contributed by atoms with Gasteiger partial charge in [-0.2, -0.15) is 13.2 Å². The molecule has 9 heteroatoms. The van der Waals surface area contributed by atoms with Gasteiger partial charge in [0.15, 0.2) is 0 Å². The number of benzene rings is 1. The number of carbonyl (C=O) groups excluding carboxylic acids is 1. The molecule has 0 bridgehead atoms. The van der Waals surface area contributed by atoms with E-state index in [-0.39, 0.29) is 11.4 Å². The van der Waals surface area contributed by atoms with Crippen molar-refractivity contribution in [3.05, 3.63) is 51.7 Å². The smallest absolute Gasteiger partial charge is 0.329 e. The van der Waals surface area contributed by atoms with E-state index in [2.05, 4.69) is 15.2 Å². The Morgan fingerprint density at radius 1 is 1.30 bits per heavy atom. The Labute approximate surface area is 128 Å². The number of H-pyrrole nitrogens is 2. The lowest BCUT2D eigenvalue weighted by Gasteiger charge is -2.26. The van der Waals surface area contributed by atoms with Crippen molar-refractivity contribution < 1.29 is 18.0 Å². The zero-order chi connectivity index (χ0) is 16.6. The summed E-state index contributed by atoms with van der Waals surface area (Å²) in [5.41, 5.74) is -1.33. The van der Waals surface area contributed by atoms with Gasteiger partial charge in [0.25, 0.3) is 5.91 Å². The molecule has 1 fully saturated rings. The molecule has 1 aliphatic heterocycles. The van der Waals surface area contributed by atoms with E-state index >= 15 is 0 Å². The lowest BCUT2D eigenvalue weighted by atomic mass is 9.98. The number of halogens is 3. The number of amides is 1. The number of alkyl halides is 3. The summed E-state index contributed by atoms with van der Waals surface area (Å²) in [6.07, 6.45) is -3.49. The molecule has 0 saturated carbocycles. The molecule has 1 amide bonds. The predicted molar refractivity (Wildman–Crippen MR) is 73.7 cm³/mol. The van der Waals surface area contributed by atoms with Crippen LogP contribution in [-0.4, -0.2) is 32.5 Å². The van der Waals surface area contributed by atoms with Crippen molar-refractivity contribution in [1.29, 1.82) is 0 Å². The molecular formula is C14H13F3N4O2. The van der Waals surface area contributed by atoms with Crippen molar-refractivity contribution in [3.63, 3.8) is 0 Å². The van der Waals surface area contributed by atoms with Gasteiger partial charge < -0.3 is 4.90 Å². The minimum Gasteiger partial charge on any atom is -0.329 e. The molecule has 2 N–H and O–H groups in total. The fourth-order valence-electron chi connectivity index (χ4n) is 2.89. The third kappa shape index (κ3) is 2.86. The number of nitrogens with one attached hydrogen (secondary N) is 2. The quantitative estimate of drug-likeness (QED) is 0.886. The summed E-state index contributed by atoms with van der Waals surface area (Å²) < 4.78 is 39.6. The van der Waals surface area contributed by atoms with Crippen LogP contribution in [0.15, 0.2) is 29.1 Å². The van der Waals surface area contributed by atoms with Crippen molar-refractivity contribution in [2.75, 3.05) is 6.54 Å². The SMILES string of the molecule is O=C(c1n[nH]c(=O)[nH]1)N1CCCC1c1ccccc1C(F)(F)F. The fourth-order valence-corrected chi connectivity index (χ4v) is 2.89. The number of hydrogen-bond donors (Lipinski definition) is 2. The zero-order valence-electron chi connectivity index (χ0n) is 11.9. The van der Waals surface area contributed by atoms with Crippen molar-refractivity contribution in [2.24, 2.45) is 0 Å². The molecule has 2 aromatic rings. The molecule has 1 saturated heterocycles. The Hall–Kier alpha value is -2.58. The molecule has 1 aliphatic rings. The fraction of sp³-hybridized carbons (Fsp3) is 0.357. The van der Waals surface area contributed by atoms with E-state index in [1.807, 2.05) is 0 Å². The van der Waals surface area contributed by atoms with Crippen LogP contribution < -0.4 is 5.69 Å². The Kier molecular flexibility index (Phi) is 3.70. The number of nitrogens with zero attached hydrogens (tertiary/aromatic N) is 2. The first-order valence-electron chi connectivity index (χ1n) is 6.99. The molecule has 1 unspecified atom stereocenters. The van der Waals surface area contributed by atoms with E-state index in [0.717, 1.165) is 6.07 Å². The molecular weight excluding hydrogens is 313 g/mol. The lowest BCUT2D eigenvalue weighted by Crippen LogP contribution is -2.32. The van der Waals surface area contributed by atoms with Crippen LogP contribution in [0.2, 0.25) is 0 Å². The number of aromatic amines is 2. The molecule has 0 radical (unpaired) electrons. The predicted octanol–water partition coefficient (Wildman–Crippen LogP) is 2.09. The Morgan fingerprint density at radius 3 is 2.70 bits per heavy atom. The van der Waals surface area contributed by atoms with Crippen LogP contribution in [0.25, 0.3) is 0 Å². The second-order valence-corrected chi connectivity index (χ2v) is 5.27. The first-order chi connectivity index (χ1) is 10.9. The number of carbonyl (C=O) groups is 1. The maximum atomic E-state index is 13.2. The number of likely N-dealkylation sites (tertiary alicyclic amines) is 1. The lowest BCUT2D eigenvalue weighted by molar-refractivity contribution is -0.138. The van der Waals surface area contributed by atoms with E-state index in [0.29, 0.717) is 19.4 Å². The standard InChI is InChI=1S/C14H13F3N4O2/c15-14(16,17)9-5-2-1-4-8(9)10-6-3-7-21(10)12(22)11-18-13(23)20-19-11/h1-2,4-5,10H,3,6-7H2,(H2,18,19,20,23). The molecule has 2 heterocycles. The second-order valence-electron chi connectivity index (χ2n) is 5.27. The van der Waals surface area contributed by atoms with Gasteiger partial charge in [-0.3, -0.25) is 9.78 Å². The van der Waals surface area contributed by atoms with Crippen molar-refractivity contribution in [1.82, 2.24) is 20.1 Å². The topological polar surface area (TPSA) is 81.8 Å². The maximum absolute atomic E-state index is 13.2. The van der Waals surface area contributed by atoms with Gasteiger partial charge in [-0.15, -0.1) is 5.10 Å². The summed E-state index contributed by atoms with van der Waals surface area (Å²) in [6, 6.07) is 4.53. The maximum Gasteiger partial charge on any atom is 0.416 e. The van der Waals surface area contributed by atoms with Crippen LogP contribution in [0.5, 0.6) is 0 Å². The second kappa shape index (κ2) is 5.56. The third-order valence-electron chi connectivity index (χ3n) is 3.84. The van der Waals surface area contributed by atoms with Gasteiger partial charge in [0, 0.05) is 6.54 Å². The molecule has 1 atom stereocenters. The van der Waals surface area contributed by atoms with Gasteiger partial charge in [0.1, 0.15) is 0 Å². The zero-order valence-corrected chi connectivity index (χ0v) is 11.9. The minimum atomic E-state index is -4.49. The van der Waals surface area contributed by atoms with E-state index in [1.165, 1.54) is 23.1 Å². The van der Waals surface area contributed by atoms with E-state index in [1.54, 1.807) is 0 Å². The highest BCUT2D eigenvalue weighted by molar-refractivity contribution is 5.90. The van der Waals surface area contributed by atoms with E-state index in [4.69, 9.17) is 0 Å². The van der Waals surface area contributed by atoms with Crippen LogP contribution >= 0.6 is 0 Å². The molecule has 3 rings (SSSR count). The highest BCUT2D eigenvalue weighted by atomic mass is 19.4. The number of aromatic nitrogens is 3. The Bertz CT molecular complexity index is 781. The first kappa shape index (κ1) is 15.3. The normalized spacial score (nSPS) is 18.4. The summed E-state index contributed by atoms with van der Waals surface area (Å²) in [5.74, 6) is -0.797. The van der Waals surface area contributed by atoms with Crippen LogP contribution in [0.3, 0.4) is 0 Å². The summed E-state index contributed by atoms with van der Waals surface area (Å²) in [4.78, 5) is 27.0. The monoisotopic (exact) mass is 326 g/mol. The van der Waals surface area contributed by atoms with Crippen LogP contribution in [0.1, 0.15) is 40.6 Å². The van der Waals surface area contributed by atoms with Crippen LogP contribution in [0, 0.1) is 0 Å². The first-order valence-corrected chi connectivity index (χ1v) is 6.99. The van der Waals surface area contributed by atoms with Crippen molar-refractivity contribution in [3.8, 4) is 0 Å². The molecule has 0 aliphatic carbocycles. The minimum absolute atomic E-state index is 0.0590. The Morgan fingerprint density at radius 2 is 2.04 bits per heavy atom. The highest BCUT2D eigenvalue weighted by Crippen LogP contribution is 2.40. The van der Waals surface area contributed by atoms with E-state index in [9.17, 15) is 22.8 Å². The molecule has 1 aromatic carbocycles. The molecule has 1 aromatic heterocycles. The van der Waals surface area contributed by atoms with E-state index < -0.39 is 29.4 Å². The Balaban J connectivity index is 1.97. The summed E-state index contributed by atoms with van der Waals surface area (Å²) >= 11 is 0. The van der Waals surface area contributed by atoms with Gasteiger partial charge in [-0.05, 0) is 24.5 Å². The van der Waals surface area contributed by atoms with Gasteiger partial charge in [-0.25, -0.2) is 9.89 Å². The van der Waals surface area contributed by atoms with Crippen molar-refractivity contribution >= 4 is 5.91 Å². The van der Waals surface area contributed by atoms with Crippen LogP contribution in [-0.2, 0) is 6.18 Å². The van der Waals surface area contributed by atoms with Gasteiger partial charge in [-0.1, -0.05) is 18.2 Å². The molecule has 122 valence electrons. The van der Waals surface area contributed by atoms with Crippen LogP contribution in [0.4, 0.5) is 13.2 Å². The average Bonchev–Trinajstić information content (AvgIpc) is 3.14. The third-order valence-corrected chi connectivity index (χ3v) is 3.84. The summed E-state index contributed by atoms with van der Waals surface area (Å²) in [6.45, 7) is 0.310. The van der Waals surface area contributed by atoms with Gasteiger partial charge in [0.05, 0.1) is 11.6 Å². The number of hydrogen-bond acceptors (Lipinski definition) is 3. The van der Waals surface area contributed by atoms with Gasteiger partial charge >= 0.3 is 11.9 Å². The molecule has 6 nitrogen and oxygen atoms in total. The highest BCUT2D eigenvalue weighted by Gasteiger charge is 2.39. The molecule has 0 spiro atoms. The largest absolute Gasteiger partial charge is 0.416 e. The van der Waals surface area contributed by atoms with Gasteiger partial charge in [0.2, 0.25) is 5.82 Å².